The van der Waals surface area contributed by atoms with E-state index in [1.54, 1.807) is 18.2 Å². The van der Waals surface area contributed by atoms with Gasteiger partial charge in [-0.15, -0.1) is 0 Å². The smallest absolute Gasteiger partial charge is 0.217 e. The van der Waals surface area contributed by atoms with Crippen LogP contribution in [0.15, 0.2) is 106 Å². The van der Waals surface area contributed by atoms with E-state index in [2.05, 4.69) is 0 Å². The van der Waals surface area contributed by atoms with Crippen LogP contribution < -0.4 is 0 Å². The third-order valence-electron chi connectivity index (χ3n) is 3.71. The van der Waals surface area contributed by atoms with Crippen LogP contribution in [0.5, 0.6) is 0 Å². The Kier molecular flexibility index (Phi) is 5.72. The number of rotatable bonds is 6. The molecular weight excluding hydrogens is 439 g/mol. The van der Waals surface area contributed by atoms with Gasteiger partial charge in [0.1, 0.15) is 0 Å². The minimum Gasteiger partial charge on any atom is -0.217 e. The van der Waals surface area contributed by atoms with Crippen molar-refractivity contribution in [1.29, 1.82) is 0 Å². The van der Waals surface area contributed by atoms with Crippen molar-refractivity contribution in [3.63, 3.8) is 0 Å². The number of hydrogen-bond donors (Lipinski definition) is 0. The highest BCUT2D eigenvalue weighted by Gasteiger charge is 2.51. The summed E-state index contributed by atoms with van der Waals surface area (Å²) in [7, 11) is -14.2. The van der Waals surface area contributed by atoms with Crippen molar-refractivity contribution in [1.82, 2.24) is 0 Å². The van der Waals surface area contributed by atoms with Gasteiger partial charge in [0.2, 0.25) is 28.4 Å². The highest BCUT2D eigenvalue weighted by molar-refractivity contribution is 9.06. The molecule has 0 bridgehead atoms. The lowest BCUT2D eigenvalue weighted by Gasteiger charge is -2.18. The zero-order chi connectivity index (χ0) is 20.4. The Morgan fingerprint density at radius 2 is 0.607 bits per heavy atom. The molecule has 0 radical (unpaired) electrons. The van der Waals surface area contributed by atoms with Crippen LogP contribution >= 0.6 is 5.53 Å². The van der Waals surface area contributed by atoms with Crippen LogP contribution in [0.3, 0.4) is 0 Å². The van der Waals surface area contributed by atoms with Crippen molar-refractivity contribution < 1.29 is 25.3 Å². The van der Waals surface area contributed by atoms with Gasteiger partial charge in [0.05, 0.1) is 14.7 Å². The molecule has 0 aliphatic heterocycles. The van der Waals surface area contributed by atoms with Crippen LogP contribution in [0.1, 0.15) is 0 Å². The quantitative estimate of drug-likeness (QED) is 0.527. The Labute approximate surface area is 164 Å². The minimum absolute atomic E-state index is 0.361. The van der Waals surface area contributed by atoms with E-state index < -0.39 is 33.9 Å². The Bertz CT molecular complexity index is 1110. The van der Waals surface area contributed by atoms with Crippen LogP contribution in [0, 0.1) is 0 Å². The van der Waals surface area contributed by atoms with Crippen molar-refractivity contribution in [3.8, 4) is 0 Å². The van der Waals surface area contributed by atoms with E-state index in [9.17, 15) is 25.3 Å². The van der Waals surface area contributed by atoms with E-state index in [1.165, 1.54) is 72.8 Å². The molecule has 0 fully saturated rings. The lowest BCUT2D eigenvalue weighted by molar-refractivity contribution is 0.605. The first kappa shape index (κ1) is 20.7. The molecule has 146 valence electrons. The van der Waals surface area contributed by atoms with Gasteiger partial charge in [-0.05, 0) is 36.4 Å². The SMILES string of the molecule is O=S(=O)(c1ccccc1)P(S(=O)(=O)c1ccccc1)S(=O)(=O)c1ccccc1. The average Bonchev–Trinajstić information content (AvgIpc) is 2.69. The summed E-state index contributed by atoms with van der Waals surface area (Å²) in [5.41, 5.74) is -3.60. The maximum Gasteiger partial charge on any atom is 0.279 e. The van der Waals surface area contributed by atoms with Crippen LogP contribution in [0.25, 0.3) is 0 Å². The highest BCUT2D eigenvalue weighted by atomic mass is 33.4. The van der Waals surface area contributed by atoms with Gasteiger partial charge in [-0.25, -0.2) is 25.3 Å². The van der Waals surface area contributed by atoms with Crippen molar-refractivity contribution in [3.05, 3.63) is 91.0 Å². The first-order chi connectivity index (χ1) is 13.2. The second kappa shape index (κ2) is 7.75. The third-order valence-corrected chi connectivity index (χ3v) is 23.5. The molecule has 0 unspecified atom stereocenters. The molecule has 0 atom stereocenters. The average molecular weight is 454 g/mol. The fourth-order valence-corrected chi connectivity index (χ4v) is 21.8. The molecule has 0 amide bonds. The van der Waals surface area contributed by atoms with E-state index in [0.29, 0.717) is 0 Å². The number of hydrogen-bond acceptors (Lipinski definition) is 6. The largest absolute Gasteiger partial charge is 0.279 e. The number of benzene rings is 3. The molecule has 0 N–H and O–H groups in total. The summed E-state index contributed by atoms with van der Waals surface area (Å²) in [6, 6.07) is 20.2. The molecule has 0 aliphatic rings. The highest BCUT2D eigenvalue weighted by Crippen LogP contribution is 2.62. The topological polar surface area (TPSA) is 102 Å². The van der Waals surface area contributed by atoms with E-state index in [4.69, 9.17) is 0 Å². The fraction of sp³-hybridized carbons (Fsp3) is 0. The van der Waals surface area contributed by atoms with Gasteiger partial charge < -0.3 is 0 Å². The van der Waals surface area contributed by atoms with Crippen molar-refractivity contribution in [2.45, 2.75) is 14.7 Å². The van der Waals surface area contributed by atoms with Gasteiger partial charge in [-0.2, -0.15) is 0 Å². The van der Waals surface area contributed by atoms with Gasteiger partial charge in [0, 0.05) is 0 Å². The normalized spacial score (nSPS) is 12.8. The van der Waals surface area contributed by atoms with E-state index >= 15 is 0 Å². The van der Waals surface area contributed by atoms with Crippen LogP contribution in [0.2, 0.25) is 0 Å². The molecule has 0 saturated heterocycles. The Morgan fingerprint density at radius 1 is 0.393 bits per heavy atom. The zero-order valence-corrected chi connectivity index (χ0v) is 17.6. The van der Waals surface area contributed by atoms with Crippen LogP contribution in [0.4, 0.5) is 0 Å². The molecule has 0 aromatic heterocycles. The van der Waals surface area contributed by atoms with Gasteiger partial charge in [-0.1, -0.05) is 54.6 Å². The van der Waals surface area contributed by atoms with E-state index in [0.717, 1.165) is 0 Å². The molecule has 6 nitrogen and oxygen atoms in total. The predicted molar refractivity (Wildman–Crippen MR) is 108 cm³/mol. The molecule has 3 aromatic carbocycles. The van der Waals surface area contributed by atoms with Gasteiger partial charge in [0.25, 0.3) is 5.53 Å². The second-order valence-electron chi connectivity index (χ2n) is 5.59. The second-order valence-corrected chi connectivity index (χ2v) is 20.0. The maximum absolute atomic E-state index is 13.2. The molecule has 3 rings (SSSR count). The van der Waals surface area contributed by atoms with Gasteiger partial charge in [-0.3, -0.25) is 0 Å². The predicted octanol–water partition coefficient (Wildman–Crippen LogP) is 3.64. The summed E-state index contributed by atoms with van der Waals surface area (Å²) in [5.74, 6) is 0. The fourth-order valence-electron chi connectivity index (χ4n) is 2.42. The summed E-state index contributed by atoms with van der Waals surface area (Å²) < 4.78 is 79.5. The van der Waals surface area contributed by atoms with Gasteiger partial charge in [0.15, 0.2) is 0 Å². The van der Waals surface area contributed by atoms with E-state index in [1.807, 2.05) is 0 Å². The van der Waals surface area contributed by atoms with Crippen LogP contribution in [-0.4, -0.2) is 25.3 Å². The van der Waals surface area contributed by atoms with Crippen molar-refractivity contribution in [2.75, 3.05) is 0 Å². The molecule has 0 heterocycles. The summed E-state index contributed by atoms with van der Waals surface area (Å²) in [5, 5.41) is 0. The Balaban J connectivity index is 2.33. The van der Waals surface area contributed by atoms with Gasteiger partial charge >= 0.3 is 0 Å². The molecular formula is C18H15O6PS3. The van der Waals surface area contributed by atoms with Crippen LogP contribution in [-0.2, 0) is 28.4 Å². The zero-order valence-electron chi connectivity index (χ0n) is 14.3. The summed E-state index contributed by atoms with van der Waals surface area (Å²) >= 11 is 0. The first-order valence-corrected chi connectivity index (χ1v) is 15.5. The molecule has 28 heavy (non-hydrogen) atoms. The molecule has 0 spiro atoms. The summed E-state index contributed by atoms with van der Waals surface area (Å²) in [6.07, 6.45) is 0. The monoisotopic (exact) mass is 454 g/mol. The third kappa shape index (κ3) is 3.75. The Hall–Kier alpha value is -2.06. The van der Waals surface area contributed by atoms with Crippen molar-refractivity contribution >= 4 is 33.9 Å². The summed E-state index contributed by atoms with van der Waals surface area (Å²) in [6.45, 7) is 0. The lowest BCUT2D eigenvalue weighted by atomic mass is 10.4. The summed E-state index contributed by atoms with van der Waals surface area (Å²) in [4.78, 5) is -1.08. The molecule has 3 aromatic rings. The lowest BCUT2D eigenvalue weighted by Crippen LogP contribution is -2.15. The maximum atomic E-state index is 13.2. The molecule has 0 saturated carbocycles. The first-order valence-electron chi connectivity index (χ1n) is 7.89. The molecule has 0 aliphatic carbocycles. The van der Waals surface area contributed by atoms with Crippen molar-refractivity contribution in [2.24, 2.45) is 0 Å². The minimum atomic E-state index is -4.72. The Morgan fingerprint density at radius 3 is 0.821 bits per heavy atom. The van der Waals surface area contributed by atoms with E-state index in [-0.39, 0.29) is 14.7 Å². The standard InChI is InChI=1S/C18H15O6PS3/c19-26(20,16-10-4-1-5-11-16)25(27(21,22)17-12-6-2-7-13-17)28(23,24)18-14-8-3-9-15-18/h1-15H. The molecule has 10 heteroatoms.